The summed E-state index contributed by atoms with van der Waals surface area (Å²) in [5.41, 5.74) is 0.459. The van der Waals surface area contributed by atoms with E-state index in [-0.39, 0.29) is 22.8 Å². The molecule has 0 spiro atoms. The Morgan fingerprint density at radius 1 is 1.21 bits per heavy atom. The van der Waals surface area contributed by atoms with Crippen molar-refractivity contribution in [2.45, 2.75) is 26.1 Å². The average Bonchev–Trinajstić information content (AvgIpc) is 2.89. The minimum absolute atomic E-state index is 0.0329. The summed E-state index contributed by atoms with van der Waals surface area (Å²) in [7, 11) is 1.51. The third-order valence-electron chi connectivity index (χ3n) is 3.67. The Bertz CT molecular complexity index is 943. The highest BCUT2D eigenvalue weighted by atomic mass is 16.5. The number of aromatic nitrogens is 4. The second-order valence-corrected chi connectivity index (χ2v) is 5.63. The van der Waals surface area contributed by atoms with Gasteiger partial charge in [-0.3, -0.25) is 0 Å². The number of fused-ring (bicyclic) bond motifs is 1. The molecule has 0 unspecified atom stereocenters. The topological polar surface area (TPSA) is 113 Å². The smallest absolute Gasteiger partial charge is 0.332 e. The normalized spacial score (nSPS) is 11.6. The van der Waals surface area contributed by atoms with Gasteiger partial charge in [-0.2, -0.15) is 0 Å². The van der Waals surface area contributed by atoms with Crippen LogP contribution >= 0.6 is 0 Å². The molecule has 0 radical (unpaired) electrons. The summed E-state index contributed by atoms with van der Waals surface area (Å²) in [6.45, 7) is 3.76. The van der Waals surface area contributed by atoms with Crippen LogP contribution in [-0.4, -0.2) is 36.8 Å². The first-order valence-corrected chi connectivity index (χ1v) is 7.46. The zero-order valence-corrected chi connectivity index (χ0v) is 13.5. The van der Waals surface area contributed by atoms with E-state index in [4.69, 9.17) is 4.74 Å². The van der Waals surface area contributed by atoms with Crippen molar-refractivity contribution in [2.75, 3.05) is 7.11 Å². The summed E-state index contributed by atoms with van der Waals surface area (Å²) < 4.78 is 6.65. The largest absolute Gasteiger partial charge is 0.495 e. The molecule has 3 aromatic rings. The summed E-state index contributed by atoms with van der Waals surface area (Å²) in [6, 6.07) is 7.02. The number of para-hydroxylation sites is 2. The molecule has 8 heteroatoms. The molecule has 2 heterocycles. The standard InChI is InChI=1S/C16H18N4O4/c1-8(2)13-17-12(15(21)22)11-14(19-13)20(16(23)18-11)9-6-4-5-7-10(9)24-3/h4-8,15,21-22H,1-3H3,(H,18,23). The Hall–Kier alpha value is -2.71. The van der Waals surface area contributed by atoms with Crippen molar-refractivity contribution in [3.63, 3.8) is 0 Å². The van der Waals surface area contributed by atoms with E-state index in [0.717, 1.165) is 0 Å². The number of imidazole rings is 1. The molecule has 24 heavy (non-hydrogen) atoms. The summed E-state index contributed by atoms with van der Waals surface area (Å²) in [5.74, 6) is 0.854. The maximum Gasteiger partial charge on any atom is 0.332 e. The van der Waals surface area contributed by atoms with Crippen molar-refractivity contribution in [1.82, 2.24) is 19.5 Å². The van der Waals surface area contributed by atoms with Gasteiger partial charge in [-0.1, -0.05) is 26.0 Å². The Balaban J connectivity index is 2.41. The number of nitrogens with zero attached hydrogens (tertiary/aromatic N) is 3. The number of H-pyrrole nitrogens is 1. The number of hydrogen-bond donors (Lipinski definition) is 3. The number of aliphatic hydroxyl groups is 2. The van der Waals surface area contributed by atoms with Gasteiger partial charge in [-0.25, -0.2) is 19.3 Å². The SMILES string of the molecule is COc1ccccc1-n1c(=O)[nH]c2c(C(O)O)nc(C(C)C)nc21. The van der Waals surface area contributed by atoms with Crippen LogP contribution in [0.15, 0.2) is 29.1 Å². The van der Waals surface area contributed by atoms with Gasteiger partial charge in [0.25, 0.3) is 0 Å². The molecule has 0 fully saturated rings. The van der Waals surface area contributed by atoms with Gasteiger partial charge in [0.1, 0.15) is 22.8 Å². The number of rotatable bonds is 4. The van der Waals surface area contributed by atoms with E-state index in [0.29, 0.717) is 17.3 Å². The van der Waals surface area contributed by atoms with E-state index < -0.39 is 12.0 Å². The summed E-state index contributed by atoms with van der Waals surface area (Å²) in [5, 5.41) is 19.2. The van der Waals surface area contributed by atoms with E-state index in [1.54, 1.807) is 24.3 Å². The molecule has 0 saturated heterocycles. The van der Waals surface area contributed by atoms with E-state index >= 15 is 0 Å². The predicted octanol–water partition coefficient (Wildman–Crippen LogP) is 1.22. The van der Waals surface area contributed by atoms with Crippen LogP contribution in [0.25, 0.3) is 16.9 Å². The number of aromatic amines is 1. The van der Waals surface area contributed by atoms with Crippen molar-refractivity contribution in [2.24, 2.45) is 0 Å². The van der Waals surface area contributed by atoms with Gasteiger partial charge in [-0.15, -0.1) is 0 Å². The lowest BCUT2D eigenvalue weighted by atomic mass is 10.2. The molecule has 0 aliphatic heterocycles. The first-order valence-electron chi connectivity index (χ1n) is 7.46. The molecule has 0 aliphatic rings. The lowest BCUT2D eigenvalue weighted by Gasteiger charge is -2.12. The van der Waals surface area contributed by atoms with Crippen LogP contribution in [-0.2, 0) is 0 Å². The minimum atomic E-state index is -1.82. The van der Waals surface area contributed by atoms with Gasteiger partial charge in [0.15, 0.2) is 11.9 Å². The second-order valence-electron chi connectivity index (χ2n) is 5.63. The van der Waals surface area contributed by atoms with E-state index in [1.165, 1.54) is 11.7 Å². The lowest BCUT2D eigenvalue weighted by Crippen LogP contribution is -2.16. The molecular weight excluding hydrogens is 312 g/mol. The number of ether oxygens (including phenoxy) is 1. The van der Waals surface area contributed by atoms with Crippen molar-refractivity contribution < 1.29 is 14.9 Å². The van der Waals surface area contributed by atoms with Gasteiger partial charge in [-0.05, 0) is 12.1 Å². The highest BCUT2D eigenvalue weighted by molar-refractivity contribution is 5.76. The zero-order valence-electron chi connectivity index (χ0n) is 13.5. The van der Waals surface area contributed by atoms with Crippen LogP contribution in [0.1, 0.15) is 37.6 Å². The van der Waals surface area contributed by atoms with E-state index in [1.807, 2.05) is 13.8 Å². The lowest BCUT2D eigenvalue weighted by molar-refractivity contribution is -0.0449. The van der Waals surface area contributed by atoms with Crippen molar-refractivity contribution in [3.05, 3.63) is 46.3 Å². The monoisotopic (exact) mass is 330 g/mol. The van der Waals surface area contributed by atoms with Crippen LogP contribution in [0.4, 0.5) is 0 Å². The molecule has 3 rings (SSSR count). The first-order chi connectivity index (χ1) is 11.4. The molecule has 0 saturated carbocycles. The van der Waals surface area contributed by atoms with Crippen molar-refractivity contribution in [1.29, 1.82) is 0 Å². The van der Waals surface area contributed by atoms with E-state index in [9.17, 15) is 15.0 Å². The van der Waals surface area contributed by atoms with Gasteiger partial charge in [0.2, 0.25) is 0 Å². The minimum Gasteiger partial charge on any atom is -0.495 e. The Morgan fingerprint density at radius 3 is 2.54 bits per heavy atom. The average molecular weight is 330 g/mol. The molecule has 0 atom stereocenters. The fraction of sp³-hybridized carbons (Fsp3) is 0.312. The molecule has 8 nitrogen and oxygen atoms in total. The van der Waals surface area contributed by atoms with Gasteiger partial charge < -0.3 is 19.9 Å². The molecule has 0 aliphatic carbocycles. The Morgan fingerprint density at radius 2 is 1.92 bits per heavy atom. The maximum atomic E-state index is 12.5. The predicted molar refractivity (Wildman–Crippen MR) is 87.3 cm³/mol. The Kier molecular flexibility index (Phi) is 4.08. The number of aliphatic hydroxyl groups excluding tert-OH is 1. The van der Waals surface area contributed by atoms with Gasteiger partial charge in [0.05, 0.1) is 12.8 Å². The molecule has 126 valence electrons. The fourth-order valence-corrected chi connectivity index (χ4v) is 2.51. The van der Waals surface area contributed by atoms with Crippen LogP contribution in [0, 0.1) is 0 Å². The van der Waals surface area contributed by atoms with Gasteiger partial charge in [0, 0.05) is 5.92 Å². The molecule has 1 aromatic carbocycles. The van der Waals surface area contributed by atoms with Crippen LogP contribution in [0.5, 0.6) is 5.75 Å². The quantitative estimate of drug-likeness (QED) is 0.620. The fourth-order valence-electron chi connectivity index (χ4n) is 2.51. The molecule has 2 aromatic heterocycles. The Labute approximate surface area is 137 Å². The molecule has 0 amide bonds. The third kappa shape index (κ3) is 2.55. The van der Waals surface area contributed by atoms with Crippen LogP contribution in [0.2, 0.25) is 0 Å². The van der Waals surface area contributed by atoms with E-state index in [2.05, 4.69) is 15.0 Å². The first kappa shape index (κ1) is 16.2. The van der Waals surface area contributed by atoms with Crippen molar-refractivity contribution >= 4 is 11.2 Å². The van der Waals surface area contributed by atoms with Crippen LogP contribution in [0.3, 0.4) is 0 Å². The zero-order chi connectivity index (χ0) is 17.4. The second kappa shape index (κ2) is 6.06. The molecular formula is C16H18N4O4. The van der Waals surface area contributed by atoms with Gasteiger partial charge >= 0.3 is 5.69 Å². The number of benzene rings is 1. The molecule has 0 bridgehead atoms. The maximum absolute atomic E-state index is 12.5. The third-order valence-corrected chi connectivity index (χ3v) is 3.67. The summed E-state index contributed by atoms with van der Waals surface area (Å²) in [6.07, 6.45) is -1.82. The number of nitrogens with one attached hydrogen (secondary N) is 1. The summed E-state index contributed by atoms with van der Waals surface area (Å²) >= 11 is 0. The number of hydrogen-bond acceptors (Lipinski definition) is 6. The van der Waals surface area contributed by atoms with Crippen LogP contribution < -0.4 is 10.4 Å². The highest BCUT2D eigenvalue weighted by Gasteiger charge is 2.22. The summed E-state index contributed by atoms with van der Waals surface area (Å²) in [4.78, 5) is 23.7. The highest BCUT2D eigenvalue weighted by Crippen LogP contribution is 2.26. The van der Waals surface area contributed by atoms with Crippen molar-refractivity contribution in [3.8, 4) is 11.4 Å². The molecule has 3 N–H and O–H groups in total. The number of methoxy groups -OCH3 is 1.